The van der Waals surface area contributed by atoms with Gasteiger partial charge in [0.2, 0.25) is 5.75 Å². The second kappa shape index (κ2) is 14.1. The van der Waals surface area contributed by atoms with Gasteiger partial charge in [0.05, 0.1) is 51.9 Å². The first-order valence-electron chi connectivity index (χ1n) is 13.2. The Labute approximate surface area is 231 Å². The van der Waals surface area contributed by atoms with Gasteiger partial charge in [0, 0.05) is 0 Å². The van der Waals surface area contributed by atoms with E-state index >= 15 is 0 Å². The Morgan fingerprint density at radius 3 is 2.00 bits per heavy atom. The number of rotatable bonds is 15. The van der Waals surface area contributed by atoms with Crippen molar-refractivity contribution < 1.29 is 42.0 Å². The molecule has 1 aliphatic heterocycles. The van der Waals surface area contributed by atoms with Crippen molar-refractivity contribution in [3.05, 3.63) is 35.4 Å². The average Bonchev–Trinajstić information content (AvgIpc) is 3.44. The molecule has 3 rings (SSSR count). The normalized spacial score (nSPS) is 18.0. The summed E-state index contributed by atoms with van der Waals surface area (Å²) in [7, 11) is 1.03. The molecule has 0 bridgehead atoms. The smallest absolute Gasteiger partial charge is 0.203 e. The number of benzene rings is 2. The highest BCUT2D eigenvalue weighted by molar-refractivity contribution is 7.91. The van der Waals surface area contributed by atoms with E-state index in [0.717, 1.165) is 5.56 Å². The van der Waals surface area contributed by atoms with Crippen molar-refractivity contribution in [2.45, 2.75) is 69.6 Å². The van der Waals surface area contributed by atoms with Crippen LogP contribution in [0.3, 0.4) is 0 Å². The van der Waals surface area contributed by atoms with Crippen LogP contribution >= 0.6 is 0 Å². The molecule has 11 heteroatoms. The zero-order chi connectivity index (χ0) is 28.6. The summed E-state index contributed by atoms with van der Waals surface area (Å²) < 4.78 is 61.5. The summed E-state index contributed by atoms with van der Waals surface area (Å²) in [4.78, 5) is 0.0924. The minimum atomic E-state index is -3.65. The molecule has 1 fully saturated rings. The van der Waals surface area contributed by atoms with Gasteiger partial charge in [0.1, 0.15) is 11.5 Å². The predicted molar refractivity (Wildman–Crippen MR) is 146 cm³/mol. The van der Waals surface area contributed by atoms with Gasteiger partial charge in [-0.3, -0.25) is 0 Å². The first kappa shape index (κ1) is 30.8. The van der Waals surface area contributed by atoms with E-state index in [1.54, 1.807) is 40.4 Å². The maximum absolute atomic E-state index is 13.3. The number of ether oxygens (including phenoxy) is 6. The Morgan fingerprint density at radius 2 is 1.49 bits per heavy atom. The van der Waals surface area contributed by atoms with Gasteiger partial charge in [-0.1, -0.05) is 13.8 Å². The van der Waals surface area contributed by atoms with Crippen molar-refractivity contribution in [3.63, 3.8) is 0 Å². The molecule has 2 N–H and O–H groups in total. The molecule has 0 amide bonds. The van der Waals surface area contributed by atoms with Crippen LogP contribution in [0.5, 0.6) is 28.7 Å². The van der Waals surface area contributed by atoms with Gasteiger partial charge >= 0.3 is 0 Å². The minimum Gasteiger partial charge on any atom is -0.493 e. The van der Waals surface area contributed by atoms with Crippen molar-refractivity contribution in [2.75, 3.05) is 40.3 Å². The van der Waals surface area contributed by atoms with Crippen molar-refractivity contribution in [3.8, 4) is 28.7 Å². The Balaban J connectivity index is 2.02. The molecule has 1 unspecified atom stereocenters. The largest absolute Gasteiger partial charge is 0.493 e. The lowest BCUT2D eigenvalue weighted by Crippen LogP contribution is -2.29. The maximum atomic E-state index is 13.3. The molecule has 0 aliphatic carbocycles. The predicted octanol–water partition coefficient (Wildman–Crippen LogP) is 5.02. The summed E-state index contributed by atoms with van der Waals surface area (Å²) in [6.07, 6.45) is 1.89. The van der Waals surface area contributed by atoms with Crippen molar-refractivity contribution >= 4 is 9.84 Å². The molecule has 218 valence electrons. The molecule has 39 heavy (non-hydrogen) atoms. The van der Waals surface area contributed by atoms with Crippen molar-refractivity contribution in [1.82, 2.24) is 5.48 Å². The van der Waals surface area contributed by atoms with Crippen LogP contribution in [0.4, 0.5) is 0 Å². The molecular weight excluding hydrogens is 526 g/mol. The third kappa shape index (κ3) is 7.27. The summed E-state index contributed by atoms with van der Waals surface area (Å²) in [5, 5.41) is 9.25. The van der Waals surface area contributed by atoms with E-state index in [1.165, 1.54) is 0 Å². The first-order chi connectivity index (χ1) is 18.7. The lowest BCUT2D eigenvalue weighted by atomic mass is 10.0. The zero-order valence-corrected chi connectivity index (χ0v) is 24.4. The van der Waals surface area contributed by atoms with Gasteiger partial charge in [0.15, 0.2) is 32.8 Å². The Bertz CT molecular complexity index is 1180. The molecule has 10 nitrogen and oxygen atoms in total. The summed E-state index contributed by atoms with van der Waals surface area (Å²) in [6, 6.07) is 6.78. The van der Waals surface area contributed by atoms with Crippen LogP contribution in [0, 0.1) is 0 Å². The molecule has 1 aliphatic rings. The summed E-state index contributed by atoms with van der Waals surface area (Å²) >= 11 is 0. The van der Waals surface area contributed by atoms with Crippen LogP contribution in [0.25, 0.3) is 0 Å². The molecule has 2 aromatic rings. The zero-order valence-electron chi connectivity index (χ0n) is 23.6. The molecule has 0 spiro atoms. The lowest BCUT2D eigenvalue weighted by molar-refractivity contribution is 0.0434. The highest BCUT2D eigenvalue weighted by atomic mass is 32.2. The number of hydrogen-bond acceptors (Lipinski definition) is 10. The number of hydroxylamine groups is 1. The van der Waals surface area contributed by atoms with Crippen molar-refractivity contribution in [2.24, 2.45) is 0 Å². The summed E-state index contributed by atoms with van der Waals surface area (Å²) in [5.74, 6) is 2.04. The van der Waals surface area contributed by atoms with Gasteiger partial charge in [-0.15, -0.1) is 0 Å². The van der Waals surface area contributed by atoms with E-state index in [2.05, 4.69) is 5.48 Å². The van der Waals surface area contributed by atoms with E-state index in [9.17, 15) is 13.6 Å². The Kier molecular flexibility index (Phi) is 11.1. The average molecular weight is 568 g/mol. The standard InChI is InChI=1S/C28H41NO9S/c1-7-11-36-28-25(37-17-18(3)29-30)15-20(16-26(28)39(31,32)12-8-2)22-10-9-21(38-22)19-13-23(33-4)27(35-6)24(14-19)34-5/h13-16,18,21-22,29-30H,7-12,17H2,1-6H3/t18?,21-,22-/m0/s1. The van der Waals surface area contributed by atoms with Crippen molar-refractivity contribution in [1.29, 1.82) is 0 Å². The van der Waals surface area contributed by atoms with E-state index in [1.807, 2.05) is 26.0 Å². The van der Waals surface area contributed by atoms with Crippen LogP contribution < -0.4 is 29.2 Å². The van der Waals surface area contributed by atoms with E-state index < -0.39 is 9.84 Å². The molecule has 3 atom stereocenters. The maximum Gasteiger partial charge on any atom is 0.203 e. The fourth-order valence-electron chi connectivity index (χ4n) is 4.51. The Hall–Kier alpha value is -2.73. The number of sulfone groups is 1. The van der Waals surface area contributed by atoms with Crippen LogP contribution in [-0.4, -0.2) is 60.0 Å². The van der Waals surface area contributed by atoms with Gasteiger partial charge in [-0.2, -0.15) is 5.48 Å². The summed E-state index contributed by atoms with van der Waals surface area (Å²) in [5.41, 5.74) is 3.70. The van der Waals surface area contributed by atoms with E-state index in [0.29, 0.717) is 60.9 Å². The highest BCUT2D eigenvalue weighted by Crippen LogP contribution is 2.48. The van der Waals surface area contributed by atoms with Crippen LogP contribution in [0.15, 0.2) is 29.2 Å². The monoisotopic (exact) mass is 567 g/mol. The molecule has 1 saturated heterocycles. The van der Waals surface area contributed by atoms with Crippen LogP contribution in [0.2, 0.25) is 0 Å². The first-order valence-corrected chi connectivity index (χ1v) is 14.9. The van der Waals surface area contributed by atoms with Gasteiger partial charge in [-0.05, 0) is 68.0 Å². The molecule has 0 aromatic heterocycles. The van der Waals surface area contributed by atoms with Crippen LogP contribution in [-0.2, 0) is 14.6 Å². The van der Waals surface area contributed by atoms with Crippen LogP contribution in [0.1, 0.15) is 69.8 Å². The van der Waals surface area contributed by atoms with E-state index in [4.69, 9.17) is 28.4 Å². The SMILES string of the molecule is CCCOc1c(OCC(C)NO)cc([C@@H]2CC[C@@H](c3cc(OC)c(OC)c(OC)c3)O2)cc1S(=O)(=O)CCC. The number of hydrogen-bond donors (Lipinski definition) is 2. The number of methoxy groups -OCH3 is 3. The molecular formula is C28H41NO9S. The topological polar surface area (TPSA) is 122 Å². The lowest BCUT2D eigenvalue weighted by Gasteiger charge is -2.22. The molecule has 0 radical (unpaired) electrons. The fraction of sp³-hybridized carbons (Fsp3) is 0.571. The fourth-order valence-corrected chi connectivity index (χ4v) is 6.03. The van der Waals surface area contributed by atoms with Gasteiger partial charge in [0.25, 0.3) is 0 Å². The third-order valence-corrected chi connectivity index (χ3v) is 8.38. The molecule has 0 saturated carbocycles. The second-order valence-corrected chi connectivity index (χ2v) is 11.6. The van der Waals surface area contributed by atoms with E-state index in [-0.39, 0.29) is 41.3 Å². The second-order valence-electron chi connectivity index (χ2n) is 9.50. The quantitative estimate of drug-likeness (QED) is 0.284. The Morgan fingerprint density at radius 1 is 0.897 bits per heavy atom. The summed E-state index contributed by atoms with van der Waals surface area (Å²) in [6.45, 7) is 5.95. The molecule has 2 aromatic carbocycles. The number of nitrogens with one attached hydrogen (secondary N) is 1. The highest BCUT2D eigenvalue weighted by Gasteiger charge is 2.33. The van der Waals surface area contributed by atoms with Gasteiger partial charge in [-0.25, -0.2) is 8.42 Å². The minimum absolute atomic E-state index is 0.0213. The third-order valence-electron chi connectivity index (χ3n) is 6.46. The van der Waals surface area contributed by atoms with Gasteiger partial charge < -0.3 is 33.6 Å². The molecule has 1 heterocycles.